The van der Waals surface area contributed by atoms with E-state index < -0.39 is 40.1 Å². The first-order chi connectivity index (χ1) is 19.8. The second-order valence-electron chi connectivity index (χ2n) is 9.63. The van der Waals surface area contributed by atoms with E-state index in [4.69, 9.17) is 9.84 Å². The summed E-state index contributed by atoms with van der Waals surface area (Å²) in [5.41, 5.74) is -0.567. The lowest BCUT2D eigenvalue weighted by molar-refractivity contribution is 0.0514. The van der Waals surface area contributed by atoms with Crippen molar-refractivity contribution >= 4 is 11.9 Å². The average molecular weight is 581 g/mol. The molecule has 12 heteroatoms. The lowest BCUT2D eigenvalue weighted by atomic mass is 10.1. The number of hydrogen-bond acceptors (Lipinski definition) is 7. The van der Waals surface area contributed by atoms with Gasteiger partial charge in [0.25, 0.3) is 0 Å². The molecule has 2 heterocycles. The summed E-state index contributed by atoms with van der Waals surface area (Å²) in [5.74, 6) is -2.96. The molecule has 4 rings (SSSR count). The molecule has 0 aliphatic heterocycles. The van der Waals surface area contributed by atoms with E-state index in [9.17, 15) is 28.0 Å². The highest BCUT2D eigenvalue weighted by Gasteiger charge is 2.20. The van der Waals surface area contributed by atoms with Crippen LogP contribution in [0.25, 0.3) is 22.3 Å². The summed E-state index contributed by atoms with van der Waals surface area (Å²) < 4.78 is 33.8. The largest absolute Gasteiger partial charge is 0.476 e. The van der Waals surface area contributed by atoms with Crippen LogP contribution in [0, 0.1) is 11.6 Å². The van der Waals surface area contributed by atoms with Gasteiger partial charge in [0.15, 0.2) is 0 Å². The zero-order chi connectivity index (χ0) is 31.1. The van der Waals surface area contributed by atoms with Gasteiger partial charge in [-0.05, 0) is 70.0 Å². The van der Waals surface area contributed by atoms with Gasteiger partial charge >= 0.3 is 11.9 Å². The molecule has 2 aromatic carbocycles. The Hall–Kier alpha value is -5.00. The molecule has 0 saturated carbocycles. The van der Waals surface area contributed by atoms with Crippen LogP contribution in [0.5, 0.6) is 0 Å². The van der Waals surface area contributed by atoms with E-state index in [0.29, 0.717) is 11.1 Å². The van der Waals surface area contributed by atoms with Gasteiger partial charge < -0.3 is 9.84 Å². The first-order valence-electron chi connectivity index (χ1n) is 13.0. The van der Waals surface area contributed by atoms with Crippen molar-refractivity contribution < 1.29 is 28.2 Å². The fraction of sp³-hybridized carbons (Fsp3) is 0.267. The molecule has 1 N–H and O–H groups in total. The lowest BCUT2D eigenvalue weighted by Crippen LogP contribution is -2.25. The van der Waals surface area contributed by atoms with Crippen LogP contribution in [0.2, 0.25) is 0 Å². The highest BCUT2D eigenvalue weighted by atomic mass is 19.1. The van der Waals surface area contributed by atoms with E-state index in [1.165, 1.54) is 64.1 Å². The monoisotopic (exact) mass is 580 g/mol. The minimum absolute atomic E-state index is 0.0482. The molecule has 0 aliphatic rings. The fourth-order valence-electron chi connectivity index (χ4n) is 3.69. The van der Waals surface area contributed by atoms with Crippen molar-refractivity contribution in [3.63, 3.8) is 0 Å². The van der Waals surface area contributed by atoms with Crippen molar-refractivity contribution in [2.45, 2.75) is 46.7 Å². The fourth-order valence-corrected chi connectivity index (χ4v) is 3.69. The standard InChI is InChI=1S/C16H17FN2O3.C14H13FN2O3/c1-4-22-16(21)14-15(20)13(9-19(18-14)10(2)3)11-5-7-12(17)8-6-11;1-8(2)17-7-11(9-3-5-10(15)6-4-9)13(18)12(16-17)14(19)20/h5-10H,4H2,1-3H3;3-8H,1-2H3,(H,19,20). The Morgan fingerprint density at radius 2 is 1.14 bits per heavy atom. The predicted molar refractivity (Wildman–Crippen MR) is 151 cm³/mol. The summed E-state index contributed by atoms with van der Waals surface area (Å²) in [5, 5.41) is 16.9. The first kappa shape index (κ1) is 31.5. The smallest absolute Gasteiger partial charge is 0.362 e. The minimum atomic E-state index is -1.38. The predicted octanol–water partition coefficient (Wildman–Crippen LogP) is 5.14. The Bertz CT molecular complexity index is 1700. The zero-order valence-electron chi connectivity index (χ0n) is 23.7. The molecule has 0 amide bonds. The van der Waals surface area contributed by atoms with Crippen molar-refractivity contribution in [1.29, 1.82) is 0 Å². The van der Waals surface area contributed by atoms with Crippen LogP contribution in [0.15, 0.2) is 70.5 Å². The number of carbonyl (C=O) groups excluding carboxylic acids is 1. The SMILES string of the molecule is CC(C)n1cc(-c2ccc(F)cc2)c(=O)c(C(=O)O)n1.CCOC(=O)c1nn(C(C)C)cc(-c2ccc(F)cc2)c1=O. The van der Waals surface area contributed by atoms with Gasteiger partial charge in [0.2, 0.25) is 22.2 Å². The van der Waals surface area contributed by atoms with Gasteiger partial charge in [0.1, 0.15) is 11.6 Å². The Kier molecular flexibility index (Phi) is 10.2. The van der Waals surface area contributed by atoms with Gasteiger partial charge in [-0.15, -0.1) is 0 Å². The number of carboxylic acid groups (broad SMARTS) is 1. The number of aromatic carboxylic acids is 1. The normalized spacial score (nSPS) is 10.8. The summed E-state index contributed by atoms with van der Waals surface area (Å²) in [6.45, 7) is 9.20. The third kappa shape index (κ3) is 7.39. The van der Waals surface area contributed by atoms with Crippen molar-refractivity contribution in [2.24, 2.45) is 0 Å². The van der Waals surface area contributed by atoms with Crippen LogP contribution in [-0.2, 0) is 4.74 Å². The van der Waals surface area contributed by atoms with Crippen LogP contribution in [-0.4, -0.2) is 43.2 Å². The van der Waals surface area contributed by atoms with E-state index in [0.717, 1.165) is 0 Å². The number of carbonyl (C=O) groups is 2. The zero-order valence-corrected chi connectivity index (χ0v) is 23.7. The summed E-state index contributed by atoms with van der Waals surface area (Å²) >= 11 is 0. The van der Waals surface area contributed by atoms with Crippen LogP contribution >= 0.6 is 0 Å². The molecule has 0 bridgehead atoms. The van der Waals surface area contributed by atoms with E-state index in [2.05, 4.69) is 10.2 Å². The van der Waals surface area contributed by atoms with Crippen LogP contribution in [0.4, 0.5) is 8.78 Å². The van der Waals surface area contributed by atoms with E-state index in [1.54, 1.807) is 13.1 Å². The van der Waals surface area contributed by atoms with Gasteiger partial charge in [-0.3, -0.25) is 19.0 Å². The summed E-state index contributed by atoms with van der Waals surface area (Å²) in [6.07, 6.45) is 3.04. The maximum absolute atomic E-state index is 13.0. The summed E-state index contributed by atoms with van der Waals surface area (Å²) in [6, 6.07) is 10.7. The first-order valence-corrected chi connectivity index (χ1v) is 13.0. The quantitative estimate of drug-likeness (QED) is 0.297. The Balaban J connectivity index is 0.000000231. The highest BCUT2D eigenvalue weighted by molar-refractivity contribution is 5.88. The number of rotatable bonds is 7. The number of aromatic nitrogens is 4. The lowest BCUT2D eigenvalue weighted by Gasteiger charge is -2.13. The molecule has 42 heavy (non-hydrogen) atoms. The number of nitrogens with zero attached hydrogens (tertiary/aromatic N) is 4. The molecule has 0 saturated heterocycles. The maximum Gasteiger partial charge on any atom is 0.362 e. The third-order valence-electron chi connectivity index (χ3n) is 5.91. The molecule has 0 atom stereocenters. The Morgan fingerprint density at radius 3 is 1.50 bits per heavy atom. The van der Waals surface area contributed by atoms with E-state index >= 15 is 0 Å². The van der Waals surface area contributed by atoms with Crippen molar-refractivity contribution in [1.82, 2.24) is 19.6 Å². The molecular weight excluding hydrogens is 550 g/mol. The molecule has 10 nitrogen and oxygen atoms in total. The van der Waals surface area contributed by atoms with Crippen LogP contribution < -0.4 is 10.9 Å². The third-order valence-corrected chi connectivity index (χ3v) is 5.91. The molecule has 220 valence electrons. The number of esters is 1. The number of ether oxygens (including phenoxy) is 1. The van der Waals surface area contributed by atoms with Crippen molar-refractivity contribution in [3.8, 4) is 22.3 Å². The van der Waals surface area contributed by atoms with Crippen molar-refractivity contribution in [2.75, 3.05) is 6.61 Å². The minimum Gasteiger partial charge on any atom is -0.476 e. The Morgan fingerprint density at radius 1 is 0.762 bits per heavy atom. The van der Waals surface area contributed by atoms with Gasteiger partial charge in [0.05, 0.1) is 6.61 Å². The molecule has 4 aromatic rings. The summed E-state index contributed by atoms with van der Waals surface area (Å²) in [4.78, 5) is 47.6. The van der Waals surface area contributed by atoms with E-state index in [-0.39, 0.29) is 35.5 Å². The number of benzene rings is 2. The topological polar surface area (TPSA) is 133 Å². The van der Waals surface area contributed by atoms with Gasteiger partial charge in [0, 0.05) is 35.6 Å². The molecule has 0 aliphatic carbocycles. The molecule has 0 fully saturated rings. The number of halogens is 2. The average Bonchev–Trinajstić information content (AvgIpc) is 2.94. The van der Waals surface area contributed by atoms with Crippen molar-refractivity contribution in [3.05, 3.63) is 104 Å². The van der Waals surface area contributed by atoms with Gasteiger partial charge in [-0.25, -0.2) is 18.4 Å². The molecule has 2 aromatic heterocycles. The summed E-state index contributed by atoms with van der Waals surface area (Å²) in [7, 11) is 0. The second-order valence-corrected chi connectivity index (χ2v) is 9.63. The molecule has 0 spiro atoms. The second kappa shape index (κ2) is 13.6. The van der Waals surface area contributed by atoms with Gasteiger partial charge in [-0.1, -0.05) is 24.3 Å². The highest BCUT2D eigenvalue weighted by Crippen LogP contribution is 2.19. The van der Waals surface area contributed by atoms with Crippen LogP contribution in [0.1, 0.15) is 67.7 Å². The Labute approximate surface area is 239 Å². The van der Waals surface area contributed by atoms with Gasteiger partial charge in [-0.2, -0.15) is 10.2 Å². The molecule has 0 radical (unpaired) electrons. The number of carboxylic acids is 1. The number of hydrogen-bond donors (Lipinski definition) is 1. The molecular formula is C30H30F2N4O6. The van der Waals surface area contributed by atoms with E-state index in [1.807, 2.05) is 27.7 Å². The molecule has 0 unspecified atom stereocenters. The maximum atomic E-state index is 13.0. The van der Waals surface area contributed by atoms with Crippen LogP contribution in [0.3, 0.4) is 0 Å².